The normalized spacial score (nSPS) is 27.4. The molecule has 0 bridgehead atoms. The monoisotopic (exact) mass is 435 g/mol. The van der Waals surface area contributed by atoms with E-state index in [1.165, 1.54) is 0 Å². The molecule has 6 N–H and O–H groups in total. The molecule has 1 fully saturated rings. The summed E-state index contributed by atoms with van der Waals surface area (Å²) in [6.45, 7) is -0.987. The number of nitrogens with zero attached hydrogens (tertiary/aromatic N) is 2. The predicted molar refractivity (Wildman–Crippen MR) is 85.3 cm³/mol. The summed E-state index contributed by atoms with van der Waals surface area (Å²) in [7, 11) is -9.11. The number of nitrogen functional groups attached to an aromatic ring is 1. The second-order valence-electron chi connectivity index (χ2n) is 5.73. The minimum absolute atomic E-state index is 0.218. The van der Waals surface area contributed by atoms with Crippen molar-refractivity contribution in [3.05, 3.63) is 22.7 Å². The van der Waals surface area contributed by atoms with Gasteiger partial charge in [0.2, 0.25) is 6.23 Å². The molecule has 2 heterocycles. The highest BCUT2D eigenvalue weighted by molar-refractivity contribution is 7.56. The summed E-state index contributed by atoms with van der Waals surface area (Å²) < 4.78 is 60.8. The van der Waals surface area contributed by atoms with Gasteiger partial charge in [0.15, 0.2) is 6.10 Å². The topological polar surface area (TPSA) is 194 Å². The van der Waals surface area contributed by atoms with Crippen LogP contribution in [-0.4, -0.2) is 66.4 Å². The average Bonchev–Trinajstić information content (AvgIpc) is 2.74. The van der Waals surface area contributed by atoms with Crippen LogP contribution < -0.4 is 11.4 Å². The SMILES string of the molecule is Nc1ccn([C@@H]2O[C@H](COP(=O)(O)CCP(=O)(O)O)[C@H](O)C2(F)F)c(=O)n1. The molecular formula is C11H17F2N3O9P2. The molecule has 1 aromatic rings. The molecule has 154 valence electrons. The Labute approximate surface area is 150 Å². The van der Waals surface area contributed by atoms with E-state index in [2.05, 4.69) is 9.51 Å². The molecular weight excluding hydrogens is 418 g/mol. The summed E-state index contributed by atoms with van der Waals surface area (Å²) in [5.74, 6) is -4.19. The zero-order valence-electron chi connectivity index (χ0n) is 13.5. The molecule has 1 unspecified atom stereocenters. The van der Waals surface area contributed by atoms with Gasteiger partial charge in [0.05, 0.1) is 18.9 Å². The highest BCUT2D eigenvalue weighted by Crippen LogP contribution is 2.49. The van der Waals surface area contributed by atoms with Gasteiger partial charge in [-0.1, -0.05) is 0 Å². The van der Waals surface area contributed by atoms with E-state index < -0.39 is 64.2 Å². The van der Waals surface area contributed by atoms with Gasteiger partial charge >= 0.3 is 26.8 Å². The fourth-order valence-corrected chi connectivity index (χ4v) is 4.78. The van der Waals surface area contributed by atoms with Crippen molar-refractivity contribution >= 4 is 21.0 Å². The Hall–Kier alpha value is -1.24. The second kappa shape index (κ2) is 7.64. The van der Waals surface area contributed by atoms with Gasteiger partial charge in [-0.25, -0.2) is 4.79 Å². The van der Waals surface area contributed by atoms with E-state index in [4.69, 9.17) is 20.3 Å². The lowest BCUT2D eigenvalue weighted by Crippen LogP contribution is -2.42. The number of ether oxygens (including phenoxy) is 1. The summed E-state index contributed by atoms with van der Waals surface area (Å²) in [6, 6.07) is 1.06. The lowest BCUT2D eigenvalue weighted by Gasteiger charge is -2.20. The Bertz CT molecular complexity index is 845. The predicted octanol–water partition coefficient (Wildman–Crippen LogP) is -0.901. The van der Waals surface area contributed by atoms with Crippen LogP contribution in [-0.2, 0) is 18.4 Å². The van der Waals surface area contributed by atoms with Crippen LogP contribution in [0.3, 0.4) is 0 Å². The van der Waals surface area contributed by atoms with E-state index in [-0.39, 0.29) is 5.82 Å². The number of aliphatic hydroxyl groups is 1. The van der Waals surface area contributed by atoms with Crippen LogP contribution in [0.4, 0.5) is 14.6 Å². The lowest BCUT2D eigenvalue weighted by atomic mass is 10.1. The van der Waals surface area contributed by atoms with Crippen LogP contribution in [0, 0.1) is 0 Å². The van der Waals surface area contributed by atoms with Crippen molar-refractivity contribution in [1.29, 1.82) is 0 Å². The summed E-state index contributed by atoms with van der Waals surface area (Å²) in [6.07, 6.45) is -7.56. The highest BCUT2D eigenvalue weighted by Gasteiger charge is 2.60. The van der Waals surface area contributed by atoms with Crippen LogP contribution in [0.1, 0.15) is 6.23 Å². The Morgan fingerprint density at radius 2 is 1.96 bits per heavy atom. The highest BCUT2D eigenvalue weighted by atomic mass is 31.2. The van der Waals surface area contributed by atoms with Crippen LogP contribution >= 0.6 is 15.2 Å². The van der Waals surface area contributed by atoms with Crippen molar-refractivity contribution in [3.63, 3.8) is 0 Å². The van der Waals surface area contributed by atoms with Crippen molar-refractivity contribution < 1.29 is 47.0 Å². The number of nitrogens with two attached hydrogens (primary N) is 1. The van der Waals surface area contributed by atoms with Crippen molar-refractivity contribution in [1.82, 2.24) is 9.55 Å². The first-order valence-electron chi connectivity index (χ1n) is 7.30. The Morgan fingerprint density at radius 1 is 1.33 bits per heavy atom. The number of hydrogen-bond donors (Lipinski definition) is 5. The van der Waals surface area contributed by atoms with E-state index in [1.54, 1.807) is 0 Å². The van der Waals surface area contributed by atoms with E-state index in [0.29, 0.717) is 4.57 Å². The number of anilines is 1. The molecule has 0 spiro atoms. The van der Waals surface area contributed by atoms with Gasteiger partial charge in [0.1, 0.15) is 11.9 Å². The van der Waals surface area contributed by atoms with Gasteiger partial charge in [0, 0.05) is 6.20 Å². The first-order chi connectivity index (χ1) is 12.2. The smallest absolute Gasteiger partial charge is 0.351 e. The second-order valence-corrected chi connectivity index (χ2v) is 9.49. The van der Waals surface area contributed by atoms with E-state index in [0.717, 1.165) is 12.3 Å². The summed E-state index contributed by atoms with van der Waals surface area (Å²) in [5.41, 5.74) is 4.10. The van der Waals surface area contributed by atoms with E-state index in [1.807, 2.05) is 0 Å². The first kappa shape index (κ1) is 22.1. The fraction of sp³-hybridized carbons (Fsp3) is 0.636. The Morgan fingerprint density at radius 3 is 2.52 bits per heavy atom. The van der Waals surface area contributed by atoms with Crippen molar-refractivity contribution in [2.45, 2.75) is 24.4 Å². The van der Waals surface area contributed by atoms with Crippen molar-refractivity contribution in [2.24, 2.45) is 0 Å². The maximum absolute atomic E-state index is 14.3. The summed E-state index contributed by atoms with van der Waals surface area (Å²) >= 11 is 0. The van der Waals surface area contributed by atoms with E-state index in [9.17, 15) is 32.7 Å². The summed E-state index contributed by atoms with van der Waals surface area (Å²) in [4.78, 5) is 41.9. The number of rotatable bonds is 7. The molecule has 0 aromatic carbocycles. The molecule has 0 amide bonds. The van der Waals surface area contributed by atoms with Crippen LogP contribution in [0.5, 0.6) is 0 Å². The summed E-state index contributed by atoms with van der Waals surface area (Å²) in [5, 5.41) is 9.74. The molecule has 0 radical (unpaired) electrons. The largest absolute Gasteiger partial charge is 0.384 e. The zero-order valence-corrected chi connectivity index (χ0v) is 15.2. The van der Waals surface area contributed by atoms with Gasteiger partial charge in [-0.05, 0) is 6.07 Å². The minimum atomic E-state index is -4.57. The molecule has 4 atom stereocenters. The molecule has 0 saturated carbocycles. The number of alkyl halides is 2. The number of aromatic nitrogens is 2. The van der Waals surface area contributed by atoms with Gasteiger partial charge in [-0.2, -0.15) is 13.8 Å². The number of halogens is 2. The van der Waals surface area contributed by atoms with Crippen molar-refractivity contribution in [3.8, 4) is 0 Å². The maximum atomic E-state index is 14.3. The molecule has 0 aliphatic carbocycles. The molecule has 1 aromatic heterocycles. The molecule has 1 saturated heterocycles. The third kappa shape index (κ3) is 5.39. The standard InChI is InChI=1S/C11H17F2N3O9P2/c12-11(13)8(17)6(5-24-27(22,23)4-3-26(19,20)21)25-9(11)16-2-1-7(14)15-10(16)18/h1-2,6,8-9,17H,3-5H2,(H,22,23)(H2,14,15,18)(H2,19,20,21)/t6-,8+,9-/m1/s1. The fourth-order valence-electron chi connectivity index (χ4n) is 2.22. The Balaban J connectivity index is 2.10. The Kier molecular flexibility index (Phi) is 6.24. The third-order valence-corrected chi connectivity index (χ3v) is 6.10. The molecule has 2 rings (SSSR count). The molecule has 12 nitrogen and oxygen atoms in total. The minimum Gasteiger partial charge on any atom is -0.384 e. The quantitative estimate of drug-likeness (QED) is 0.333. The number of hydrogen-bond acceptors (Lipinski definition) is 8. The van der Waals surface area contributed by atoms with E-state index >= 15 is 0 Å². The number of aliphatic hydroxyl groups excluding tert-OH is 1. The van der Waals surface area contributed by atoms with Crippen LogP contribution in [0.2, 0.25) is 0 Å². The van der Waals surface area contributed by atoms with Crippen LogP contribution in [0.25, 0.3) is 0 Å². The third-order valence-electron chi connectivity index (χ3n) is 3.60. The van der Waals surface area contributed by atoms with Gasteiger partial charge in [-0.15, -0.1) is 0 Å². The van der Waals surface area contributed by atoms with Gasteiger partial charge in [0.25, 0.3) is 0 Å². The molecule has 1 aliphatic rings. The zero-order chi connectivity index (χ0) is 20.6. The van der Waals surface area contributed by atoms with Gasteiger partial charge < -0.3 is 34.8 Å². The lowest BCUT2D eigenvalue weighted by molar-refractivity contribution is -0.140. The molecule has 27 heavy (non-hydrogen) atoms. The van der Waals surface area contributed by atoms with Crippen LogP contribution in [0.15, 0.2) is 17.1 Å². The first-order valence-corrected chi connectivity index (χ1v) is 10.9. The van der Waals surface area contributed by atoms with Gasteiger partial charge in [-0.3, -0.25) is 13.7 Å². The maximum Gasteiger partial charge on any atom is 0.351 e. The average molecular weight is 435 g/mol. The molecule has 16 heteroatoms. The van der Waals surface area contributed by atoms with Crippen molar-refractivity contribution in [2.75, 3.05) is 24.7 Å². The molecule has 1 aliphatic heterocycles.